The summed E-state index contributed by atoms with van der Waals surface area (Å²) in [5.41, 5.74) is 0.629. The minimum atomic E-state index is -0.907. The number of rotatable bonds is 5. The van der Waals surface area contributed by atoms with Crippen molar-refractivity contribution in [1.82, 2.24) is 0 Å². The number of carbonyl (C=O) groups is 1. The first kappa shape index (κ1) is 17.8. The number of carboxylic acid groups (broad SMARTS) is 1. The first-order chi connectivity index (χ1) is 7.89. The molecule has 0 aliphatic rings. The van der Waals surface area contributed by atoms with E-state index in [-0.39, 0.29) is 32.7 Å². The SMILES string of the molecule is [CH2-]CCC(O)c1ccc(C(C)(C)C(=O)O)cc1.[Y]. The predicted molar refractivity (Wildman–Crippen MR) is 66.7 cm³/mol. The van der Waals surface area contributed by atoms with Gasteiger partial charge in [0.05, 0.1) is 11.5 Å². The summed E-state index contributed by atoms with van der Waals surface area (Å²) in [5, 5.41) is 18.9. The second kappa shape index (κ2) is 7.37. The van der Waals surface area contributed by atoms with Crippen LogP contribution in [0.25, 0.3) is 0 Å². The molecule has 3 nitrogen and oxygen atoms in total. The Labute approximate surface area is 133 Å². The third-order valence-corrected chi connectivity index (χ3v) is 3.03. The maximum atomic E-state index is 11.1. The molecule has 0 fully saturated rings. The van der Waals surface area contributed by atoms with E-state index in [4.69, 9.17) is 5.11 Å². The smallest absolute Gasteiger partial charge is 0.313 e. The molecule has 0 saturated carbocycles. The fourth-order valence-electron chi connectivity index (χ4n) is 1.61. The molecular formula is C14H19O3Y-. The van der Waals surface area contributed by atoms with Crippen LogP contribution in [0.5, 0.6) is 0 Å². The average molecular weight is 324 g/mol. The first-order valence-corrected chi connectivity index (χ1v) is 5.70. The predicted octanol–water partition coefficient (Wildman–Crippen LogP) is 2.69. The van der Waals surface area contributed by atoms with Gasteiger partial charge >= 0.3 is 5.97 Å². The van der Waals surface area contributed by atoms with Gasteiger partial charge in [-0.3, -0.25) is 4.79 Å². The van der Waals surface area contributed by atoms with Gasteiger partial charge < -0.3 is 17.1 Å². The molecule has 0 bridgehead atoms. The van der Waals surface area contributed by atoms with Gasteiger partial charge in [-0.1, -0.05) is 30.7 Å². The fraction of sp³-hybridized carbons (Fsp3) is 0.429. The summed E-state index contributed by atoms with van der Waals surface area (Å²) in [4.78, 5) is 11.1. The van der Waals surface area contributed by atoms with Gasteiger partial charge in [-0.2, -0.15) is 6.42 Å². The number of aliphatic carboxylic acids is 1. The van der Waals surface area contributed by atoms with E-state index in [2.05, 4.69) is 6.92 Å². The van der Waals surface area contributed by atoms with E-state index >= 15 is 0 Å². The Bertz CT molecular complexity index is 385. The minimum Gasteiger partial charge on any atom is -0.481 e. The maximum Gasteiger partial charge on any atom is 0.313 e. The number of carboxylic acids is 1. The monoisotopic (exact) mass is 324 g/mol. The molecule has 0 saturated heterocycles. The van der Waals surface area contributed by atoms with Crippen LogP contribution in [0.4, 0.5) is 0 Å². The molecule has 1 radical (unpaired) electrons. The van der Waals surface area contributed by atoms with E-state index in [1.165, 1.54) is 0 Å². The summed E-state index contributed by atoms with van der Waals surface area (Å²) in [6.45, 7) is 7.02. The van der Waals surface area contributed by atoms with Crippen LogP contribution in [0, 0.1) is 6.92 Å². The Balaban J connectivity index is 0.00000289. The van der Waals surface area contributed by atoms with Crippen LogP contribution in [0.15, 0.2) is 24.3 Å². The van der Waals surface area contributed by atoms with Gasteiger partial charge in [0.25, 0.3) is 0 Å². The van der Waals surface area contributed by atoms with Crippen molar-refractivity contribution < 1.29 is 47.7 Å². The molecule has 18 heavy (non-hydrogen) atoms. The van der Waals surface area contributed by atoms with Gasteiger partial charge in [0.2, 0.25) is 0 Å². The van der Waals surface area contributed by atoms with Gasteiger partial charge in [-0.05, 0) is 25.0 Å². The van der Waals surface area contributed by atoms with Crippen molar-refractivity contribution in [2.24, 2.45) is 0 Å². The van der Waals surface area contributed by atoms with Crippen LogP contribution in [0.1, 0.15) is 43.9 Å². The van der Waals surface area contributed by atoms with Crippen molar-refractivity contribution in [3.05, 3.63) is 42.3 Å². The molecule has 0 amide bonds. The molecule has 0 heterocycles. The molecule has 2 N–H and O–H groups in total. The van der Waals surface area contributed by atoms with Crippen molar-refractivity contribution >= 4 is 5.97 Å². The number of hydrogen-bond acceptors (Lipinski definition) is 2. The summed E-state index contributed by atoms with van der Waals surface area (Å²) in [6, 6.07) is 7.08. The van der Waals surface area contributed by atoms with Crippen LogP contribution in [-0.2, 0) is 42.9 Å². The van der Waals surface area contributed by atoms with E-state index in [1.54, 1.807) is 38.1 Å². The Morgan fingerprint density at radius 2 is 1.83 bits per heavy atom. The number of aliphatic hydroxyl groups excluding tert-OH is 1. The molecule has 0 aliphatic carbocycles. The summed E-state index contributed by atoms with van der Waals surface area (Å²) in [5.74, 6) is -0.858. The molecule has 0 aliphatic heterocycles. The summed E-state index contributed by atoms with van der Waals surface area (Å²) in [6.07, 6.45) is 0.764. The van der Waals surface area contributed by atoms with Crippen LogP contribution in [0.3, 0.4) is 0 Å². The molecule has 97 valence electrons. The average Bonchev–Trinajstić information content (AvgIpc) is 2.29. The van der Waals surface area contributed by atoms with Crippen molar-refractivity contribution in [1.29, 1.82) is 0 Å². The summed E-state index contributed by atoms with van der Waals surface area (Å²) in [7, 11) is 0. The molecule has 1 rings (SSSR count). The number of aliphatic hydroxyl groups is 1. The number of hydrogen-bond donors (Lipinski definition) is 2. The summed E-state index contributed by atoms with van der Waals surface area (Å²) < 4.78 is 0. The quantitative estimate of drug-likeness (QED) is 0.819. The van der Waals surface area contributed by atoms with E-state index in [0.29, 0.717) is 12.8 Å². The number of benzene rings is 1. The van der Waals surface area contributed by atoms with Crippen LogP contribution >= 0.6 is 0 Å². The molecule has 1 unspecified atom stereocenters. The second-order valence-electron chi connectivity index (χ2n) is 4.71. The topological polar surface area (TPSA) is 57.5 Å². The van der Waals surface area contributed by atoms with Crippen LogP contribution in [-0.4, -0.2) is 16.2 Å². The Morgan fingerprint density at radius 3 is 2.22 bits per heavy atom. The zero-order valence-corrected chi connectivity index (χ0v) is 13.7. The molecule has 0 spiro atoms. The molecule has 4 heteroatoms. The van der Waals surface area contributed by atoms with Crippen molar-refractivity contribution in [2.45, 2.75) is 38.2 Å². The zero-order chi connectivity index (χ0) is 13.1. The minimum absolute atomic E-state index is 0. The summed E-state index contributed by atoms with van der Waals surface area (Å²) >= 11 is 0. The molecule has 0 aromatic heterocycles. The molecule has 1 aromatic rings. The Morgan fingerprint density at radius 1 is 1.33 bits per heavy atom. The maximum absolute atomic E-state index is 11.1. The standard InChI is InChI=1S/C14H19O3.Y/c1-4-5-12(15)10-6-8-11(9-7-10)14(2,3)13(16)17;/h6-9,12,15H,1,4-5H2,2-3H3,(H,16,17);/q-1;. The van der Waals surface area contributed by atoms with Crippen molar-refractivity contribution in [2.75, 3.05) is 0 Å². The van der Waals surface area contributed by atoms with Crippen LogP contribution < -0.4 is 0 Å². The molecule has 1 aromatic carbocycles. The second-order valence-corrected chi connectivity index (χ2v) is 4.71. The van der Waals surface area contributed by atoms with Gasteiger partial charge in [0, 0.05) is 32.7 Å². The van der Waals surface area contributed by atoms with Gasteiger partial charge in [-0.25, -0.2) is 0 Å². The normalized spacial score (nSPS) is 12.7. The molecule has 1 atom stereocenters. The van der Waals surface area contributed by atoms with Gasteiger partial charge in [0.15, 0.2) is 0 Å². The van der Waals surface area contributed by atoms with Crippen LogP contribution in [0.2, 0.25) is 0 Å². The van der Waals surface area contributed by atoms with E-state index in [0.717, 1.165) is 11.1 Å². The van der Waals surface area contributed by atoms with E-state index < -0.39 is 17.5 Å². The van der Waals surface area contributed by atoms with E-state index in [9.17, 15) is 9.90 Å². The Hall–Kier alpha value is -0.246. The van der Waals surface area contributed by atoms with Crippen molar-refractivity contribution in [3.8, 4) is 0 Å². The largest absolute Gasteiger partial charge is 0.481 e. The third-order valence-electron chi connectivity index (χ3n) is 3.03. The van der Waals surface area contributed by atoms with Gasteiger partial charge in [-0.15, -0.1) is 0 Å². The van der Waals surface area contributed by atoms with Crippen molar-refractivity contribution in [3.63, 3.8) is 0 Å². The first-order valence-electron chi connectivity index (χ1n) is 5.70. The fourth-order valence-corrected chi connectivity index (χ4v) is 1.61. The zero-order valence-electron chi connectivity index (χ0n) is 10.9. The third kappa shape index (κ3) is 4.15. The van der Waals surface area contributed by atoms with Gasteiger partial charge in [0.1, 0.15) is 0 Å². The Kier molecular flexibility index (Phi) is 7.27. The molecular weight excluding hydrogens is 305 g/mol. The van der Waals surface area contributed by atoms with E-state index in [1.807, 2.05) is 0 Å².